The predicted octanol–water partition coefficient (Wildman–Crippen LogP) is 7.09. The molecule has 0 aliphatic carbocycles. The SMILES string of the molecule is Cc1cc(/C(O)=C2/C(=O)C(=O)N(c3ccc(C(C)(C)C)cc3)C2c2ccco2)ccc1OCc1ccccc1. The first kappa shape index (κ1) is 26.0. The fourth-order valence-corrected chi connectivity index (χ4v) is 4.79. The third-order valence-corrected chi connectivity index (χ3v) is 6.95. The quantitative estimate of drug-likeness (QED) is 0.166. The summed E-state index contributed by atoms with van der Waals surface area (Å²) in [5, 5.41) is 11.4. The summed E-state index contributed by atoms with van der Waals surface area (Å²) in [5.41, 5.74) is 3.80. The fourth-order valence-electron chi connectivity index (χ4n) is 4.79. The van der Waals surface area contributed by atoms with E-state index in [1.165, 1.54) is 11.2 Å². The van der Waals surface area contributed by atoms with Gasteiger partial charge in [0, 0.05) is 11.3 Å². The molecule has 5 rings (SSSR count). The van der Waals surface area contributed by atoms with Crippen molar-refractivity contribution in [2.75, 3.05) is 4.90 Å². The molecule has 6 heteroatoms. The summed E-state index contributed by atoms with van der Waals surface area (Å²) in [7, 11) is 0. The van der Waals surface area contributed by atoms with E-state index in [9.17, 15) is 14.7 Å². The summed E-state index contributed by atoms with van der Waals surface area (Å²) in [5.74, 6) is -0.703. The maximum absolute atomic E-state index is 13.4. The average Bonchev–Trinajstić information content (AvgIpc) is 3.54. The van der Waals surface area contributed by atoms with Gasteiger partial charge in [-0.25, -0.2) is 0 Å². The van der Waals surface area contributed by atoms with Crippen LogP contribution in [-0.4, -0.2) is 16.8 Å². The van der Waals surface area contributed by atoms with Gasteiger partial charge in [0.15, 0.2) is 0 Å². The number of benzene rings is 3. The van der Waals surface area contributed by atoms with E-state index in [-0.39, 0.29) is 16.7 Å². The van der Waals surface area contributed by atoms with E-state index in [1.807, 2.05) is 61.5 Å². The van der Waals surface area contributed by atoms with Crippen LogP contribution in [0.1, 0.15) is 54.8 Å². The maximum Gasteiger partial charge on any atom is 0.300 e. The van der Waals surface area contributed by atoms with E-state index in [4.69, 9.17) is 9.15 Å². The molecule has 1 N–H and O–H groups in total. The highest BCUT2D eigenvalue weighted by Crippen LogP contribution is 2.43. The third kappa shape index (κ3) is 5.10. The lowest BCUT2D eigenvalue weighted by Gasteiger charge is -2.25. The number of ketones is 1. The molecule has 1 aromatic heterocycles. The van der Waals surface area contributed by atoms with Crippen LogP contribution in [0.15, 0.2) is 101 Å². The number of aryl methyl sites for hydroxylation is 1. The Bertz CT molecular complexity index is 1530. The Labute approximate surface area is 228 Å². The van der Waals surface area contributed by atoms with Crippen LogP contribution >= 0.6 is 0 Å². The van der Waals surface area contributed by atoms with Crippen LogP contribution in [0.4, 0.5) is 5.69 Å². The van der Waals surface area contributed by atoms with Crippen molar-refractivity contribution in [3.05, 3.63) is 125 Å². The molecule has 6 nitrogen and oxygen atoms in total. The second kappa shape index (κ2) is 10.3. The Hall–Kier alpha value is -4.58. The number of nitrogens with zero attached hydrogens (tertiary/aromatic N) is 1. The molecule has 0 saturated carbocycles. The van der Waals surface area contributed by atoms with E-state index in [1.54, 1.807) is 30.3 Å². The van der Waals surface area contributed by atoms with E-state index in [2.05, 4.69) is 20.8 Å². The molecule has 3 aromatic carbocycles. The van der Waals surface area contributed by atoms with E-state index < -0.39 is 17.7 Å². The number of carbonyl (C=O) groups is 2. The first-order valence-electron chi connectivity index (χ1n) is 12.9. The molecule has 0 spiro atoms. The van der Waals surface area contributed by atoms with Gasteiger partial charge in [0.1, 0.15) is 29.9 Å². The van der Waals surface area contributed by atoms with Gasteiger partial charge < -0.3 is 14.3 Å². The number of aliphatic hydroxyl groups is 1. The van der Waals surface area contributed by atoms with Gasteiger partial charge in [-0.1, -0.05) is 63.2 Å². The van der Waals surface area contributed by atoms with Gasteiger partial charge in [-0.15, -0.1) is 0 Å². The number of amides is 1. The fraction of sp³-hybridized carbons (Fsp3) is 0.212. The molecule has 1 amide bonds. The Balaban J connectivity index is 1.52. The molecule has 4 aromatic rings. The highest BCUT2D eigenvalue weighted by molar-refractivity contribution is 6.51. The van der Waals surface area contributed by atoms with E-state index in [0.717, 1.165) is 16.7 Å². The topological polar surface area (TPSA) is 80.0 Å². The number of carbonyl (C=O) groups excluding carboxylic acids is 2. The second-order valence-electron chi connectivity index (χ2n) is 10.7. The van der Waals surface area contributed by atoms with Crippen LogP contribution in [0.25, 0.3) is 5.76 Å². The monoisotopic (exact) mass is 521 g/mol. The van der Waals surface area contributed by atoms with Crippen molar-refractivity contribution >= 4 is 23.1 Å². The Morgan fingerprint density at radius 1 is 0.949 bits per heavy atom. The molecule has 1 fully saturated rings. The summed E-state index contributed by atoms with van der Waals surface area (Å²) >= 11 is 0. The first-order chi connectivity index (χ1) is 18.6. The largest absolute Gasteiger partial charge is 0.507 e. The number of ether oxygens (including phenoxy) is 1. The smallest absolute Gasteiger partial charge is 0.300 e. The highest BCUT2D eigenvalue weighted by atomic mass is 16.5. The van der Waals surface area contributed by atoms with Gasteiger partial charge in [0.25, 0.3) is 11.7 Å². The molecule has 1 aliphatic heterocycles. The average molecular weight is 522 g/mol. The summed E-state index contributed by atoms with van der Waals surface area (Å²) < 4.78 is 11.6. The standard InChI is InChI=1S/C33H31NO5/c1-21-19-23(12-17-26(21)39-20-22-9-6-5-7-10-22)30(35)28-29(27-11-8-18-38-27)34(32(37)31(28)36)25-15-13-24(14-16-25)33(2,3)4/h5-19,29,35H,20H2,1-4H3/b30-28-. The summed E-state index contributed by atoms with van der Waals surface area (Å²) in [6.45, 7) is 8.60. The van der Waals surface area contributed by atoms with Crippen molar-refractivity contribution in [2.45, 2.75) is 45.8 Å². The summed E-state index contributed by atoms with van der Waals surface area (Å²) in [6, 6.07) is 25.1. The number of anilines is 1. The molecule has 1 atom stereocenters. The number of rotatable bonds is 6. The maximum atomic E-state index is 13.4. The summed E-state index contributed by atoms with van der Waals surface area (Å²) in [4.78, 5) is 28.1. The first-order valence-corrected chi connectivity index (χ1v) is 12.9. The van der Waals surface area contributed by atoms with Crippen molar-refractivity contribution in [2.24, 2.45) is 0 Å². The van der Waals surface area contributed by atoms with Crippen LogP contribution in [0.3, 0.4) is 0 Å². The molecular formula is C33H31NO5. The minimum Gasteiger partial charge on any atom is -0.507 e. The van der Waals surface area contributed by atoms with Gasteiger partial charge in [-0.3, -0.25) is 14.5 Å². The minimum atomic E-state index is -0.908. The Morgan fingerprint density at radius 3 is 2.28 bits per heavy atom. The lowest BCUT2D eigenvalue weighted by molar-refractivity contribution is -0.132. The molecular weight excluding hydrogens is 490 g/mol. The number of furan rings is 1. The zero-order valence-electron chi connectivity index (χ0n) is 22.5. The van der Waals surface area contributed by atoms with Crippen LogP contribution in [0.5, 0.6) is 5.75 Å². The summed E-state index contributed by atoms with van der Waals surface area (Å²) in [6.07, 6.45) is 1.49. The van der Waals surface area contributed by atoms with Gasteiger partial charge in [0.2, 0.25) is 0 Å². The molecule has 1 aliphatic rings. The number of aliphatic hydroxyl groups excluding tert-OH is 1. The molecule has 1 saturated heterocycles. The number of hydrogen-bond donors (Lipinski definition) is 1. The molecule has 39 heavy (non-hydrogen) atoms. The second-order valence-corrected chi connectivity index (χ2v) is 10.7. The van der Waals surface area contributed by atoms with Crippen LogP contribution in [-0.2, 0) is 21.6 Å². The van der Waals surface area contributed by atoms with Crippen LogP contribution in [0.2, 0.25) is 0 Å². The van der Waals surface area contributed by atoms with Gasteiger partial charge >= 0.3 is 0 Å². The van der Waals surface area contributed by atoms with Gasteiger partial charge in [-0.2, -0.15) is 0 Å². The van der Waals surface area contributed by atoms with Crippen LogP contribution < -0.4 is 9.64 Å². The van der Waals surface area contributed by atoms with Crippen molar-refractivity contribution < 1.29 is 23.8 Å². The molecule has 198 valence electrons. The normalized spacial score (nSPS) is 17.0. The van der Waals surface area contributed by atoms with Crippen molar-refractivity contribution in [1.29, 1.82) is 0 Å². The number of Topliss-reactive ketones (excluding diaryl/α,β-unsaturated/α-hetero) is 1. The Morgan fingerprint density at radius 2 is 1.67 bits per heavy atom. The zero-order valence-corrected chi connectivity index (χ0v) is 22.5. The zero-order chi connectivity index (χ0) is 27.7. The van der Waals surface area contributed by atoms with Gasteiger partial charge in [-0.05, 0) is 71.5 Å². The minimum absolute atomic E-state index is 0.0211. The predicted molar refractivity (Wildman–Crippen MR) is 151 cm³/mol. The lowest BCUT2D eigenvalue weighted by Crippen LogP contribution is -2.29. The van der Waals surface area contributed by atoms with Crippen molar-refractivity contribution in [3.8, 4) is 5.75 Å². The molecule has 2 heterocycles. The lowest BCUT2D eigenvalue weighted by atomic mass is 9.87. The third-order valence-electron chi connectivity index (χ3n) is 6.95. The van der Waals surface area contributed by atoms with E-state index in [0.29, 0.717) is 29.4 Å². The molecule has 0 radical (unpaired) electrons. The van der Waals surface area contributed by atoms with Crippen molar-refractivity contribution in [3.63, 3.8) is 0 Å². The van der Waals surface area contributed by atoms with Crippen LogP contribution in [0, 0.1) is 6.92 Å². The Kier molecular flexibility index (Phi) is 6.87. The van der Waals surface area contributed by atoms with Gasteiger partial charge in [0.05, 0.1) is 11.8 Å². The molecule has 1 unspecified atom stereocenters. The molecule has 0 bridgehead atoms. The van der Waals surface area contributed by atoms with Crippen molar-refractivity contribution in [1.82, 2.24) is 0 Å². The van der Waals surface area contributed by atoms with E-state index >= 15 is 0 Å². The number of hydrogen-bond acceptors (Lipinski definition) is 5. The highest BCUT2D eigenvalue weighted by Gasteiger charge is 2.48.